The van der Waals surface area contributed by atoms with Crippen molar-refractivity contribution < 1.29 is 9.53 Å². The fourth-order valence-electron chi connectivity index (χ4n) is 2.47. The minimum atomic E-state index is -0.355. The molecule has 0 saturated carbocycles. The Morgan fingerprint density at radius 2 is 2.00 bits per heavy atom. The fraction of sp³-hybridized carbons (Fsp3) is 0.176. The van der Waals surface area contributed by atoms with Crippen LogP contribution in [0.15, 0.2) is 64.1 Å². The van der Waals surface area contributed by atoms with E-state index in [1.165, 1.54) is 7.11 Å². The average Bonchev–Trinajstić information content (AvgIpc) is 3.08. The second-order valence-electron chi connectivity index (χ2n) is 4.92. The molecule has 0 unspecified atom stereocenters. The highest BCUT2D eigenvalue weighted by Crippen LogP contribution is 2.32. The molecule has 0 fully saturated rings. The van der Waals surface area contributed by atoms with Crippen LogP contribution in [0, 0.1) is 0 Å². The normalized spacial score (nSPS) is 17.7. The summed E-state index contributed by atoms with van der Waals surface area (Å²) in [5.41, 5.74) is 2.30. The van der Waals surface area contributed by atoms with E-state index in [-0.39, 0.29) is 12.0 Å². The van der Waals surface area contributed by atoms with E-state index >= 15 is 0 Å². The Hall–Kier alpha value is -2.40. The number of carbonyl (C=O) groups is 1. The van der Waals surface area contributed by atoms with Crippen molar-refractivity contribution in [3.63, 3.8) is 0 Å². The van der Waals surface area contributed by atoms with E-state index in [2.05, 4.69) is 5.32 Å². The Morgan fingerprint density at radius 3 is 2.64 bits per heavy atom. The molecule has 112 valence electrons. The molecule has 1 aromatic heterocycles. The maximum absolute atomic E-state index is 12.2. The van der Waals surface area contributed by atoms with Crippen molar-refractivity contribution in [1.29, 1.82) is 0 Å². The minimum Gasteiger partial charge on any atom is -0.466 e. The number of ether oxygens (including phenoxy) is 1. The molecule has 0 saturated heterocycles. The number of benzene rings is 1. The van der Waals surface area contributed by atoms with Crippen molar-refractivity contribution >= 4 is 23.1 Å². The van der Waals surface area contributed by atoms with Gasteiger partial charge in [0.2, 0.25) is 0 Å². The fourth-order valence-corrected chi connectivity index (χ4v) is 3.14. The summed E-state index contributed by atoms with van der Waals surface area (Å²) in [6.07, 6.45) is 0. The van der Waals surface area contributed by atoms with Gasteiger partial charge in [-0.25, -0.2) is 4.79 Å². The van der Waals surface area contributed by atoms with Crippen molar-refractivity contribution in [1.82, 2.24) is 5.32 Å². The van der Waals surface area contributed by atoms with Crippen LogP contribution in [0.5, 0.6) is 0 Å². The summed E-state index contributed by atoms with van der Waals surface area (Å²) in [4.78, 5) is 18.0. The van der Waals surface area contributed by atoms with Gasteiger partial charge in [0, 0.05) is 5.70 Å². The number of aliphatic imine (C=N–C) groups is 1. The van der Waals surface area contributed by atoms with Gasteiger partial charge in [-0.05, 0) is 23.9 Å². The molecule has 4 nitrogen and oxygen atoms in total. The molecule has 1 atom stereocenters. The number of nitrogens with zero attached hydrogens (tertiary/aromatic N) is 1. The molecule has 1 aromatic carbocycles. The maximum Gasteiger partial charge on any atom is 0.338 e. The second-order valence-corrected chi connectivity index (χ2v) is 5.87. The van der Waals surface area contributed by atoms with Crippen LogP contribution in [0.1, 0.15) is 23.4 Å². The lowest BCUT2D eigenvalue weighted by atomic mass is 9.96. The van der Waals surface area contributed by atoms with Crippen molar-refractivity contribution in [2.75, 3.05) is 7.11 Å². The third kappa shape index (κ3) is 2.67. The number of hydrogen-bond acceptors (Lipinski definition) is 5. The Kier molecular flexibility index (Phi) is 4.06. The zero-order valence-corrected chi connectivity index (χ0v) is 13.2. The predicted octanol–water partition coefficient (Wildman–Crippen LogP) is 3.29. The molecule has 1 aliphatic heterocycles. The first-order chi connectivity index (χ1) is 10.7. The van der Waals surface area contributed by atoms with E-state index in [0.29, 0.717) is 5.57 Å². The molecule has 5 heteroatoms. The van der Waals surface area contributed by atoms with Gasteiger partial charge >= 0.3 is 5.97 Å². The van der Waals surface area contributed by atoms with Crippen LogP contribution in [0.3, 0.4) is 0 Å². The Bertz CT molecular complexity index is 733. The van der Waals surface area contributed by atoms with E-state index < -0.39 is 0 Å². The molecule has 1 aliphatic rings. The highest BCUT2D eigenvalue weighted by molar-refractivity contribution is 7.12. The number of amidine groups is 1. The SMILES string of the molecule is COC(=O)C1=C(C)NC(c2cccs2)=N[C@@H]1c1ccccc1. The van der Waals surface area contributed by atoms with Crippen LogP contribution in [-0.2, 0) is 9.53 Å². The van der Waals surface area contributed by atoms with E-state index in [0.717, 1.165) is 22.0 Å². The van der Waals surface area contributed by atoms with E-state index in [1.807, 2.05) is 54.8 Å². The molecular weight excluding hydrogens is 296 g/mol. The number of carbonyl (C=O) groups excluding carboxylic acids is 1. The Labute approximate surface area is 133 Å². The van der Waals surface area contributed by atoms with Crippen molar-refractivity contribution in [3.8, 4) is 0 Å². The Balaban J connectivity index is 2.08. The standard InChI is InChI=1S/C17H16N2O2S/c1-11-14(17(20)21-2)15(12-7-4-3-5-8-12)19-16(18-11)13-9-6-10-22-13/h3-10,15H,1-2H3,(H,18,19)/t15-/m1/s1. The summed E-state index contributed by atoms with van der Waals surface area (Å²) < 4.78 is 4.93. The van der Waals surface area contributed by atoms with Crippen LogP contribution >= 0.6 is 11.3 Å². The molecule has 2 heterocycles. The molecule has 0 amide bonds. The maximum atomic E-state index is 12.2. The smallest absolute Gasteiger partial charge is 0.338 e. The van der Waals surface area contributed by atoms with Crippen molar-refractivity contribution in [2.24, 2.45) is 4.99 Å². The number of rotatable bonds is 3. The first kappa shape index (κ1) is 14.5. The molecule has 2 aromatic rings. The number of esters is 1. The van der Waals surface area contributed by atoms with Gasteiger partial charge in [0.15, 0.2) is 0 Å². The van der Waals surface area contributed by atoms with Gasteiger partial charge in [-0.3, -0.25) is 4.99 Å². The zero-order chi connectivity index (χ0) is 15.5. The number of hydrogen-bond donors (Lipinski definition) is 1. The monoisotopic (exact) mass is 312 g/mol. The summed E-state index contributed by atoms with van der Waals surface area (Å²) in [6, 6.07) is 13.4. The molecule has 0 radical (unpaired) electrons. The number of allylic oxidation sites excluding steroid dienone is 1. The van der Waals surface area contributed by atoms with Gasteiger partial charge in [0.1, 0.15) is 11.9 Å². The lowest BCUT2D eigenvalue weighted by Gasteiger charge is -2.25. The molecule has 1 N–H and O–H groups in total. The van der Waals surface area contributed by atoms with Crippen LogP contribution in [-0.4, -0.2) is 18.9 Å². The summed E-state index contributed by atoms with van der Waals surface area (Å²) in [5.74, 6) is 0.432. The van der Waals surface area contributed by atoms with Gasteiger partial charge in [0.25, 0.3) is 0 Å². The first-order valence-corrected chi connectivity index (χ1v) is 7.81. The number of thiophene rings is 1. The zero-order valence-electron chi connectivity index (χ0n) is 12.4. The summed E-state index contributed by atoms with van der Waals surface area (Å²) in [5, 5.41) is 5.23. The van der Waals surface area contributed by atoms with Gasteiger partial charge < -0.3 is 10.1 Å². The highest BCUT2D eigenvalue weighted by Gasteiger charge is 2.30. The molecule has 0 aliphatic carbocycles. The van der Waals surface area contributed by atoms with Gasteiger partial charge in [-0.15, -0.1) is 11.3 Å². The quantitative estimate of drug-likeness (QED) is 0.885. The average molecular weight is 312 g/mol. The first-order valence-electron chi connectivity index (χ1n) is 6.93. The highest BCUT2D eigenvalue weighted by atomic mass is 32.1. The minimum absolute atomic E-state index is 0.354. The van der Waals surface area contributed by atoms with E-state index in [9.17, 15) is 4.79 Å². The van der Waals surface area contributed by atoms with Gasteiger partial charge in [-0.1, -0.05) is 36.4 Å². The van der Waals surface area contributed by atoms with Gasteiger partial charge in [-0.2, -0.15) is 0 Å². The third-order valence-electron chi connectivity index (χ3n) is 3.52. The van der Waals surface area contributed by atoms with Crippen LogP contribution < -0.4 is 5.32 Å². The molecule has 22 heavy (non-hydrogen) atoms. The largest absolute Gasteiger partial charge is 0.466 e. The molecule has 0 bridgehead atoms. The lowest BCUT2D eigenvalue weighted by Crippen LogP contribution is -2.32. The summed E-state index contributed by atoms with van der Waals surface area (Å²) in [6.45, 7) is 1.88. The summed E-state index contributed by atoms with van der Waals surface area (Å²) >= 11 is 1.61. The molecular formula is C17H16N2O2S. The number of nitrogens with one attached hydrogen (secondary N) is 1. The third-order valence-corrected chi connectivity index (χ3v) is 4.39. The topological polar surface area (TPSA) is 50.7 Å². The van der Waals surface area contributed by atoms with E-state index in [4.69, 9.17) is 9.73 Å². The van der Waals surface area contributed by atoms with Crippen LogP contribution in [0.2, 0.25) is 0 Å². The molecule has 0 spiro atoms. The second kappa shape index (κ2) is 6.15. The lowest BCUT2D eigenvalue weighted by molar-refractivity contribution is -0.136. The van der Waals surface area contributed by atoms with E-state index in [1.54, 1.807) is 11.3 Å². The number of methoxy groups -OCH3 is 1. The van der Waals surface area contributed by atoms with Crippen LogP contribution in [0.25, 0.3) is 0 Å². The molecule has 3 rings (SSSR count). The summed E-state index contributed by atoms with van der Waals surface area (Å²) in [7, 11) is 1.39. The van der Waals surface area contributed by atoms with Crippen molar-refractivity contribution in [2.45, 2.75) is 13.0 Å². The van der Waals surface area contributed by atoms with Crippen LogP contribution in [0.4, 0.5) is 0 Å². The Morgan fingerprint density at radius 1 is 1.23 bits per heavy atom. The van der Waals surface area contributed by atoms with Crippen molar-refractivity contribution in [3.05, 3.63) is 69.6 Å². The predicted molar refractivity (Wildman–Crippen MR) is 87.9 cm³/mol. The van der Waals surface area contributed by atoms with Gasteiger partial charge in [0.05, 0.1) is 17.6 Å².